The summed E-state index contributed by atoms with van der Waals surface area (Å²) in [5.74, 6) is -0.279. The molecular formula is C25H27FO6S. The van der Waals surface area contributed by atoms with Crippen LogP contribution in [0.15, 0.2) is 54.6 Å². The molecule has 1 aromatic heterocycles. The molecule has 176 valence electrons. The Morgan fingerprint density at radius 2 is 1.64 bits per heavy atom. The van der Waals surface area contributed by atoms with Crippen LogP contribution in [0.3, 0.4) is 0 Å². The maximum absolute atomic E-state index is 13.2. The number of aliphatic hydroxyl groups excluding tert-OH is 5. The van der Waals surface area contributed by atoms with Crippen molar-refractivity contribution >= 4 is 11.3 Å². The maximum atomic E-state index is 13.2. The molecule has 5 N–H and O–H groups in total. The van der Waals surface area contributed by atoms with Crippen molar-refractivity contribution in [2.75, 3.05) is 13.2 Å². The van der Waals surface area contributed by atoms with Crippen molar-refractivity contribution in [1.29, 1.82) is 0 Å². The lowest BCUT2D eigenvalue weighted by molar-refractivity contribution is -0.289. The average molecular weight is 475 g/mol. The highest BCUT2D eigenvalue weighted by atomic mass is 32.1. The van der Waals surface area contributed by atoms with E-state index in [2.05, 4.69) is 0 Å². The van der Waals surface area contributed by atoms with Gasteiger partial charge in [-0.25, -0.2) is 4.39 Å². The quantitative estimate of drug-likeness (QED) is 0.375. The van der Waals surface area contributed by atoms with Crippen LogP contribution in [0.5, 0.6) is 0 Å². The first-order valence-corrected chi connectivity index (χ1v) is 11.5. The molecule has 0 radical (unpaired) electrons. The Bertz CT molecular complexity index is 1090. The standard InChI is InChI=1S/C25H27FO6S/c1-14-2-3-16(23-21(29)22(30)24(31)25(12-27,13-28)32-23)10-17(14)11-19-8-9-20(33-19)15-4-6-18(26)7-5-15/h2-10,21-24,27-31H,11-13H2,1H3. The summed E-state index contributed by atoms with van der Waals surface area (Å²) in [7, 11) is 0. The van der Waals surface area contributed by atoms with Gasteiger partial charge >= 0.3 is 0 Å². The van der Waals surface area contributed by atoms with Crippen molar-refractivity contribution in [2.24, 2.45) is 0 Å². The van der Waals surface area contributed by atoms with E-state index < -0.39 is 43.2 Å². The van der Waals surface area contributed by atoms with Gasteiger partial charge in [-0.1, -0.05) is 30.3 Å². The fraction of sp³-hybridized carbons (Fsp3) is 0.360. The molecule has 0 aliphatic carbocycles. The summed E-state index contributed by atoms with van der Waals surface area (Å²) in [5.41, 5.74) is 1.72. The number of hydrogen-bond acceptors (Lipinski definition) is 7. The molecule has 0 bridgehead atoms. The molecule has 4 atom stereocenters. The Kier molecular flexibility index (Phi) is 6.97. The van der Waals surface area contributed by atoms with Gasteiger partial charge in [-0.2, -0.15) is 0 Å². The van der Waals surface area contributed by atoms with E-state index in [0.29, 0.717) is 12.0 Å². The Labute approximate surface area is 195 Å². The van der Waals surface area contributed by atoms with E-state index in [-0.39, 0.29) is 5.82 Å². The summed E-state index contributed by atoms with van der Waals surface area (Å²) < 4.78 is 19.0. The van der Waals surface area contributed by atoms with Gasteiger partial charge in [0.05, 0.1) is 13.2 Å². The van der Waals surface area contributed by atoms with Crippen LogP contribution in [-0.2, 0) is 11.2 Å². The maximum Gasteiger partial charge on any atom is 0.143 e. The third kappa shape index (κ3) is 4.61. The minimum atomic E-state index is -1.79. The van der Waals surface area contributed by atoms with Crippen LogP contribution in [0, 0.1) is 12.7 Å². The molecule has 0 saturated carbocycles. The van der Waals surface area contributed by atoms with Crippen molar-refractivity contribution in [3.05, 3.63) is 82.0 Å². The summed E-state index contributed by atoms with van der Waals surface area (Å²) in [5, 5.41) is 50.6. The largest absolute Gasteiger partial charge is 0.393 e. The van der Waals surface area contributed by atoms with Crippen molar-refractivity contribution < 1.29 is 34.7 Å². The van der Waals surface area contributed by atoms with Crippen molar-refractivity contribution in [2.45, 2.75) is 43.4 Å². The zero-order valence-corrected chi connectivity index (χ0v) is 18.9. The Hall–Kier alpha value is -2.17. The van der Waals surface area contributed by atoms with Crippen LogP contribution in [0.2, 0.25) is 0 Å². The van der Waals surface area contributed by atoms with Gasteiger partial charge < -0.3 is 30.3 Å². The summed E-state index contributed by atoms with van der Waals surface area (Å²) >= 11 is 1.60. The van der Waals surface area contributed by atoms with Gasteiger partial charge in [0.2, 0.25) is 0 Å². The van der Waals surface area contributed by atoms with Crippen LogP contribution in [0.25, 0.3) is 10.4 Å². The Morgan fingerprint density at radius 1 is 0.939 bits per heavy atom. The van der Waals surface area contributed by atoms with Crippen LogP contribution in [0.1, 0.15) is 27.7 Å². The van der Waals surface area contributed by atoms with Gasteiger partial charge in [-0.05, 0) is 53.4 Å². The molecule has 3 aromatic rings. The molecule has 6 nitrogen and oxygen atoms in total. The smallest absolute Gasteiger partial charge is 0.143 e. The number of hydrogen-bond donors (Lipinski definition) is 5. The lowest BCUT2D eigenvalue weighted by Crippen LogP contribution is -2.65. The molecule has 2 aromatic carbocycles. The number of thiophene rings is 1. The van der Waals surface area contributed by atoms with Gasteiger partial charge in [0, 0.05) is 16.2 Å². The van der Waals surface area contributed by atoms with Gasteiger partial charge in [-0.3, -0.25) is 0 Å². The number of ether oxygens (including phenoxy) is 1. The SMILES string of the molecule is Cc1ccc(C2OC(CO)(CO)C(O)C(O)C2O)cc1Cc1ccc(-c2ccc(F)cc2)s1. The summed E-state index contributed by atoms with van der Waals surface area (Å²) in [6.07, 6.45) is -5.10. The fourth-order valence-electron chi connectivity index (χ4n) is 4.13. The molecule has 33 heavy (non-hydrogen) atoms. The third-order valence-corrected chi connectivity index (χ3v) is 7.41. The van der Waals surface area contributed by atoms with E-state index in [1.165, 1.54) is 12.1 Å². The van der Waals surface area contributed by atoms with E-state index in [9.17, 15) is 29.9 Å². The molecule has 0 spiro atoms. The molecule has 2 heterocycles. The minimum absolute atomic E-state index is 0.279. The molecule has 1 saturated heterocycles. The van der Waals surface area contributed by atoms with E-state index in [1.807, 2.05) is 31.2 Å². The van der Waals surface area contributed by atoms with Crippen molar-refractivity contribution in [3.63, 3.8) is 0 Å². The molecule has 4 unspecified atom stereocenters. The second kappa shape index (κ2) is 9.60. The highest BCUT2D eigenvalue weighted by molar-refractivity contribution is 7.15. The molecule has 1 aliphatic rings. The lowest BCUT2D eigenvalue weighted by atomic mass is 9.83. The first-order chi connectivity index (χ1) is 15.8. The number of aliphatic hydroxyl groups is 5. The number of benzene rings is 2. The zero-order chi connectivity index (χ0) is 23.8. The Balaban J connectivity index is 1.60. The predicted octanol–water partition coefficient (Wildman–Crippen LogP) is 2.33. The number of halogens is 1. The molecule has 4 rings (SSSR count). The zero-order valence-electron chi connectivity index (χ0n) is 18.1. The summed E-state index contributed by atoms with van der Waals surface area (Å²) in [4.78, 5) is 2.12. The van der Waals surface area contributed by atoms with Gasteiger partial charge in [0.25, 0.3) is 0 Å². The summed E-state index contributed by atoms with van der Waals surface area (Å²) in [6, 6.07) is 15.9. The molecule has 1 fully saturated rings. The van der Waals surface area contributed by atoms with Gasteiger partial charge in [-0.15, -0.1) is 11.3 Å². The van der Waals surface area contributed by atoms with Crippen molar-refractivity contribution in [1.82, 2.24) is 0 Å². The van der Waals surface area contributed by atoms with Gasteiger partial charge in [0.1, 0.15) is 35.8 Å². The molecule has 0 amide bonds. The van der Waals surface area contributed by atoms with Crippen molar-refractivity contribution in [3.8, 4) is 10.4 Å². The topological polar surface area (TPSA) is 110 Å². The third-order valence-electron chi connectivity index (χ3n) is 6.28. The second-order valence-electron chi connectivity index (χ2n) is 8.48. The normalized spacial score (nSPS) is 24.7. The first-order valence-electron chi connectivity index (χ1n) is 10.7. The predicted molar refractivity (Wildman–Crippen MR) is 122 cm³/mol. The minimum Gasteiger partial charge on any atom is -0.393 e. The molecule has 1 aliphatic heterocycles. The van der Waals surface area contributed by atoms with Crippen LogP contribution >= 0.6 is 11.3 Å². The Morgan fingerprint density at radius 3 is 2.30 bits per heavy atom. The van der Waals surface area contributed by atoms with E-state index >= 15 is 0 Å². The lowest BCUT2D eigenvalue weighted by Gasteiger charge is -2.47. The van der Waals surface area contributed by atoms with Crippen LogP contribution in [0.4, 0.5) is 4.39 Å². The summed E-state index contributed by atoms with van der Waals surface area (Å²) in [6.45, 7) is 0.534. The molecular weight excluding hydrogens is 447 g/mol. The average Bonchev–Trinajstić information content (AvgIpc) is 3.29. The highest BCUT2D eigenvalue weighted by Gasteiger charge is 2.53. The van der Waals surface area contributed by atoms with E-state index in [1.54, 1.807) is 29.5 Å². The molecule has 8 heteroatoms. The van der Waals surface area contributed by atoms with Crippen LogP contribution in [-0.4, -0.2) is 62.7 Å². The second-order valence-corrected chi connectivity index (χ2v) is 9.65. The number of rotatable bonds is 6. The van der Waals surface area contributed by atoms with E-state index in [4.69, 9.17) is 4.74 Å². The van der Waals surface area contributed by atoms with E-state index in [0.717, 1.165) is 26.4 Å². The highest BCUT2D eigenvalue weighted by Crippen LogP contribution is 2.39. The monoisotopic (exact) mass is 474 g/mol. The van der Waals surface area contributed by atoms with Crippen LogP contribution < -0.4 is 0 Å². The fourth-order valence-corrected chi connectivity index (χ4v) is 5.17. The van der Waals surface area contributed by atoms with Gasteiger partial charge in [0.15, 0.2) is 0 Å². The first kappa shape index (κ1) is 24.0. The number of aryl methyl sites for hydroxylation is 1.